The molecule has 0 aliphatic heterocycles. The highest BCUT2D eigenvalue weighted by molar-refractivity contribution is 5.64. The average Bonchev–Trinajstić information content (AvgIpc) is 2.72. The van der Waals surface area contributed by atoms with Crippen molar-refractivity contribution in [1.82, 2.24) is 9.97 Å². The normalized spacial score (nSPS) is 19.6. The van der Waals surface area contributed by atoms with E-state index in [9.17, 15) is 13.2 Å². The van der Waals surface area contributed by atoms with Crippen molar-refractivity contribution in [2.75, 3.05) is 0 Å². The predicted molar refractivity (Wildman–Crippen MR) is 103 cm³/mol. The van der Waals surface area contributed by atoms with Gasteiger partial charge in [0.1, 0.15) is 0 Å². The van der Waals surface area contributed by atoms with E-state index in [-0.39, 0.29) is 11.4 Å². The molecule has 2 aromatic carbocycles. The highest BCUT2D eigenvalue weighted by atomic mass is 19.2. The fourth-order valence-corrected chi connectivity index (χ4v) is 3.85. The van der Waals surface area contributed by atoms with E-state index in [4.69, 9.17) is 0 Å². The topological polar surface area (TPSA) is 25.8 Å². The number of rotatable bonds is 3. The molecule has 1 saturated carbocycles. The van der Waals surface area contributed by atoms with Gasteiger partial charge in [-0.3, -0.25) is 0 Å². The molecule has 0 radical (unpaired) electrons. The van der Waals surface area contributed by atoms with Gasteiger partial charge in [0.2, 0.25) is 0 Å². The van der Waals surface area contributed by atoms with Crippen molar-refractivity contribution >= 4 is 0 Å². The van der Waals surface area contributed by atoms with E-state index in [0.29, 0.717) is 5.92 Å². The van der Waals surface area contributed by atoms with Crippen LogP contribution in [0.2, 0.25) is 0 Å². The molecule has 1 aliphatic carbocycles. The molecule has 1 aliphatic rings. The minimum absolute atomic E-state index is 0.102. The van der Waals surface area contributed by atoms with Gasteiger partial charge in [-0.15, -0.1) is 0 Å². The lowest BCUT2D eigenvalue weighted by molar-refractivity contribution is 0.348. The second-order valence-electron chi connectivity index (χ2n) is 7.63. The number of aromatic nitrogens is 2. The average molecular weight is 382 g/mol. The van der Waals surface area contributed by atoms with Crippen LogP contribution in [0.25, 0.3) is 22.5 Å². The summed E-state index contributed by atoms with van der Waals surface area (Å²) in [5.74, 6) is -2.39. The van der Waals surface area contributed by atoms with Crippen LogP contribution in [0.3, 0.4) is 0 Å². The predicted octanol–water partition coefficient (Wildman–Crippen LogP) is 6.52. The van der Waals surface area contributed by atoms with Crippen LogP contribution in [0, 0.1) is 23.4 Å². The van der Waals surface area contributed by atoms with Gasteiger partial charge in [0.05, 0.1) is 0 Å². The highest BCUT2D eigenvalue weighted by Gasteiger charge is 2.19. The van der Waals surface area contributed by atoms with Crippen molar-refractivity contribution in [3.8, 4) is 22.5 Å². The summed E-state index contributed by atoms with van der Waals surface area (Å²) in [5, 5.41) is 0. The molecule has 0 bridgehead atoms. The van der Waals surface area contributed by atoms with E-state index in [2.05, 4.69) is 41.2 Å². The molecule has 28 heavy (non-hydrogen) atoms. The summed E-state index contributed by atoms with van der Waals surface area (Å²) in [6.45, 7) is 2.32. The van der Waals surface area contributed by atoms with E-state index >= 15 is 0 Å². The van der Waals surface area contributed by atoms with Crippen molar-refractivity contribution in [3.63, 3.8) is 0 Å². The summed E-state index contributed by atoms with van der Waals surface area (Å²) in [6.07, 6.45) is 8.27. The van der Waals surface area contributed by atoms with Crippen LogP contribution in [0.5, 0.6) is 0 Å². The molecule has 1 aromatic heterocycles. The van der Waals surface area contributed by atoms with Gasteiger partial charge >= 0.3 is 0 Å². The van der Waals surface area contributed by atoms with Crippen molar-refractivity contribution in [2.45, 2.75) is 38.5 Å². The maximum absolute atomic E-state index is 13.4. The van der Waals surface area contributed by atoms with Gasteiger partial charge < -0.3 is 0 Å². The summed E-state index contributed by atoms with van der Waals surface area (Å²) >= 11 is 0. The lowest BCUT2D eigenvalue weighted by Crippen LogP contribution is -2.10. The molecule has 2 nitrogen and oxygen atoms in total. The Morgan fingerprint density at radius 3 is 1.89 bits per heavy atom. The molecule has 0 amide bonds. The Kier molecular flexibility index (Phi) is 5.16. The van der Waals surface area contributed by atoms with Gasteiger partial charge in [-0.25, -0.2) is 23.1 Å². The standard InChI is InChI=1S/C23H21F3N2/c1-14-2-4-15(5-3-14)16-6-8-17(9-7-16)19-12-27-23(28-13-19)18-10-20(24)22(26)21(25)11-18/h6-15H,2-5H2,1H3/t14-,15-. The van der Waals surface area contributed by atoms with E-state index in [0.717, 1.165) is 29.2 Å². The van der Waals surface area contributed by atoms with Crippen molar-refractivity contribution in [3.05, 3.63) is 71.8 Å². The highest BCUT2D eigenvalue weighted by Crippen LogP contribution is 2.36. The summed E-state index contributed by atoms with van der Waals surface area (Å²) in [5.41, 5.74) is 3.27. The Morgan fingerprint density at radius 2 is 1.32 bits per heavy atom. The Morgan fingerprint density at radius 1 is 0.750 bits per heavy atom. The van der Waals surface area contributed by atoms with Crippen LogP contribution in [-0.4, -0.2) is 9.97 Å². The van der Waals surface area contributed by atoms with Crippen LogP contribution in [0.15, 0.2) is 48.8 Å². The van der Waals surface area contributed by atoms with Gasteiger partial charge in [0.25, 0.3) is 0 Å². The minimum Gasteiger partial charge on any atom is -0.236 e. The van der Waals surface area contributed by atoms with Crippen molar-refractivity contribution < 1.29 is 13.2 Å². The molecule has 0 saturated heterocycles. The lowest BCUT2D eigenvalue weighted by Gasteiger charge is -2.26. The SMILES string of the molecule is C[C@H]1CC[C@H](c2ccc(-c3cnc(-c4cc(F)c(F)c(F)c4)nc3)cc2)CC1. The number of hydrogen-bond donors (Lipinski definition) is 0. The molecule has 3 aromatic rings. The third-order valence-corrected chi connectivity index (χ3v) is 5.63. The third-order valence-electron chi connectivity index (χ3n) is 5.63. The number of halogens is 3. The largest absolute Gasteiger partial charge is 0.236 e. The fourth-order valence-electron chi connectivity index (χ4n) is 3.85. The van der Waals surface area contributed by atoms with Crippen LogP contribution >= 0.6 is 0 Å². The summed E-state index contributed by atoms with van der Waals surface area (Å²) < 4.78 is 39.9. The van der Waals surface area contributed by atoms with E-state index < -0.39 is 17.5 Å². The van der Waals surface area contributed by atoms with E-state index in [1.54, 1.807) is 12.4 Å². The maximum Gasteiger partial charge on any atom is 0.194 e. The number of benzene rings is 2. The smallest absolute Gasteiger partial charge is 0.194 e. The molecular weight excluding hydrogens is 361 g/mol. The summed E-state index contributed by atoms with van der Waals surface area (Å²) in [6, 6.07) is 10.2. The molecule has 0 spiro atoms. The van der Waals surface area contributed by atoms with Crippen LogP contribution in [0.1, 0.15) is 44.1 Å². The zero-order valence-electron chi connectivity index (χ0n) is 15.6. The number of nitrogens with zero attached hydrogens (tertiary/aromatic N) is 2. The van der Waals surface area contributed by atoms with Crippen molar-refractivity contribution in [1.29, 1.82) is 0 Å². The molecule has 5 heteroatoms. The zero-order valence-corrected chi connectivity index (χ0v) is 15.6. The monoisotopic (exact) mass is 382 g/mol. The zero-order chi connectivity index (χ0) is 19.7. The third kappa shape index (κ3) is 3.79. The summed E-state index contributed by atoms with van der Waals surface area (Å²) in [7, 11) is 0. The first-order valence-corrected chi connectivity index (χ1v) is 9.58. The number of hydrogen-bond acceptors (Lipinski definition) is 2. The van der Waals surface area contributed by atoms with E-state index in [1.807, 2.05) is 0 Å². The first-order chi connectivity index (χ1) is 13.5. The molecule has 0 N–H and O–H groups in total. The van der Waals surface area contributed by atoms with Gasteiger partial charge in [0.15, 0.2) is 23.3 Å². The van der Waals surface area contributed by atoms with Crippen LogP contribution in [0.4, 0.5) is 13.2 Å². The second-order valence-corrected chi connectivity index (χ2v) is 7.63. The molecule has 1 heterocycles. The molecular formula is C23H21F3N2. The molecule has 144 valence electrons. The van der Waals surface area contributed by atoms with Crippen LogP contribution in [-0.2, 0) is 0 Å². The Hall–Kier alpha value is -2.69. The molecule has 0 unspecified atom stereocenters. The van der Waals surface area contributed by atoms with Gasteiger partial charge in [-0.05, 0) is 47.9 Å². The van der Waals surface area contributed by atoms with Gasteiger partial charge in [0, 0.05) is 23.5 Å². The Labute approximate surface area is 162 Å². The Balaban J connectivity index is 1.52. The summed E-state index contributed by atoms with van der Waals surface area (Å²) in [4.78, 5) is 8.38. The fraction of sp³-hybridized carbons (Fsp3) is 0.304. The minimum atomic E-state index is -1.49. The first-order valence-electron chi connectivity index (χ1n) is 9.58. The molecule has 4 rings (SSSR count). The molecule has 0 atom stereocenters. The molecule has 1 fully saturated rings. The van der Waals surface area contributed by atoms with Crippen LogP contribution < -0.4 is 0 Å². The maximum atomic E-state index is 13.4. The lowest BCUT2D eigenvalue weighted by atomic mass is 9.79. The van der Waals surface area contributed by atoms with E-state index in [1.165, 1.54) is 31.2 Å². The van der Waals surface area contributed by atoms with Gasteiger partial charge in [-0.1, -0.05) is 44.0 Å². The van der Waals surface area contributed by atoms with Gasteiger partial charge in [-0.2, -0.15) is 0 Å². The quantitative estimate of drug-likeness (QED) is 0.482. The Bertz CT molecular complexity index is 937. The van der Waals surface area contributed by atoms with Crippen molar-refractivity contribution in [2.24, 2.45) is 5.92 Å². The second kappa shape index (κ2) is 7.74. The first kappa shape index (κ1) is 18.7.